The van der Waals surface area contributed by atoms with Gasteiger partial charge >= 0.3 is 10.8 Å². The first-order chi connectivity index (χ1) is 23.2. The minimum Gasteiger partial charge on any atom is -0.493 e. The summed E-state index contributed by atoms with van der Waals surface area (Å²) < 4.78 is 11.6. The molecule has 2 aliphatic carbocycles. The Hall–Kier alpha value is -4.62. The number of carbonyl (C=O) groups excluding carboxylic acids is 3. The van der Waals surface area contributed by atoms with Crippen LogP contribution in [0.2, 0.25) is 0 Å². The molecule has 2 aliphatic heterocycles. The molecule has 0 radical (unpaired) electrons. The predicted molar refractivity (Wildman–Crippen MR) is 179 cm³/mol. The summed E-state index contributed by atoms with van der Waals surface area (Å²) in [6.45, 7) is -0.358. The van der Waals surface area contributed by atoms with Crippen molar-refractivity contribution >= 4 is 63.2 Å². The number of hydrogen-bond donors (Lipinski definition) is 3. The Morgan fingerprint density at radius 2 is 1.75 bits per heavy atom. The number of likely N-dealkylation sites (tertiary alicyclic amines) is 1. The number of benzene rings is 3. The summed E-state index contributed by atoms with van der Waals surface area (Å²) in [5.74, 6) is -2.50. The maximum atomic E-state index is 13.6. The molecule has 11 nitrogen and oxygen atoms in total. The number of rotatable bonds is 9. The maximum absolute atomic E-state index is 13.6. The van der Waals surface area contributed by atoms with E-state index in [2.05, 4.69) is 10.3 Å². The zero-order chi connectivity index (χ0) is 33.3. The topological polar surface area (TPSA) is 155 Å². The lowest BCUT2D eigenvalue weighted by molar-refractivity contribution is -0.142. The summed E-state index contributed by atoms with van der Waals surface area (Å²) in [7, 11) is 1.53. The van der Waals surface area contributed by atoms with Gasteiger partial charge in [0.25, 0.3) is 5.91 Å². The van der Waals surface area contributed by atoms with Gasteiger partial charge < -0.3 is 24.9 Å². The first kappa shape index (κ1) is 30.7. The van der Waals surface area contributed by atoms with Crippen LogP contribution in [0.4, 0.5) is 5.69 Å². The second-order valence-electron chi connectivity index (χ2n) is 12.7. The van der Waals surface area contributed by atoms with Crippen molar-refractivity contribution in [3.05, 3.63) is 80.8 Å². The van der Waals surface area contributed by atoms with Gasteiger partial charge in [-0.2, -0.15) is 0 Å². The smallest absolute Gasteiger partial charge is 0.305 e. The summed E-state index contributed by atoms with van der Waals surface area (Å²) in [4.78, 5) is 68.6. The molecule has 3 aromatic carbocycles. The van der Waals surface area contributed by atoms with Gasteiger partial charge in [0.05, 0.1) is 30.4 Å². The highest BCUT2D eigenvalue weighted by atomic mass is 32.2. The fourth-order valence-corrected chi connectivity index (χ4v) is 11.4. The Balaban J connectivity index is 1.05. The summed E-state index contributed by atoms with van der Waals surface area (Å²) in [6.07, 6.45) is 0.441. The molecule has 48 heavy (non-hydrogen) atoms. The van der Waals surface area contributed by atoms with Crippen LogP contribution in [0.5, 0.6) is 11.5 Å². The van der Waals surface area contributed by atoms with Gasteiger partial charge in [-0.15, -0.1) is 11.8 Å². The number of nitrogens with zero attached hydrogens (tertiary/aromatic N) is 1. The molecule has 8 rings (SSSR count). The van der Waals surface area contributed by atoms with Crippen LogP contribution in [-0.4, -0.2) is 64.2 Å². The highest BCUT2D eigenvalue weighted by molar-refractivity contribution is 8.00. The number of carboxylic acid groups (broad SMARTS) is 1. The number of thioether (sulfide) groups is 1. The van der Waals surface area contributed by atoms with Crippen molar-refractivity contribution in [1.82, 2.24) is 9.88 Å². The van der Waals surface area contributed by atoms with E-state index in [0.717, 1.165) is 48.9 Å². The Labute approximate surface area is 282 Å². The van der Waals surface area contributed by atoms with E-state index in [4.69, 9.17) is 9.47 Å². The van der Waals surface area contributed by atoms with Crippen LogP contribution < -0.4 is 19.7 Å². The third-order valence-electron chi connectivity index (χ3n) is 10.3. The minimum atomic E-state index is -1.06. The molecule has 13 heteroatoms. The van der Waals surface area contributed by atoms with E-state index < -0.39 is 17.8 Å². The van der Waals surface area contributed by atoms with Crippen molar-refractivity contribution < 1.29 is 33.8 Å². The van der Waals surface area contributed by atoms with E-state index in [1.807, 2.05) is 54.6 Å². The number of thiazole rings is 1. The van der Waals surface area contributed by atoms with Crippen molar-refractivity contribution in [3.8, 4) is 11.5 Å². The van der Waals surface area contributed by atoms with Crippen molar-refractivity contribution in [3.63, 3.8) is 0 Å². The molecule has 3 heterocycles. The zero-order valence-corrected chi connectivity index (χ0v) is 27.3. The molecule has 1 saturated heterocycles. The van der Waals surface area contributed by atoms with E-state index in [9.17, 15) is 29.1 Å². The van der Waals surface area contributed by atoms with Gasteiger partial charge in [-0.3, -0.25) is 28.9 Å². The number of aromatic nitrogens is 1. The fraction of sp³-hybridized carbons (Fsp3) is 0.343. The fourth-order valence-electron chi connectivity index (χ4n) is 8.48. The van der Waals surface area contributed by atoms with Gasteiger partial charge in [0.2, 0.25) is 11.8 Å². The number of aromatic amines is 1. The van der Waals surface area contributed by atoms with Crippen LogP contribution in [0.3, 0.4) is 0 Å². The number of hydrogen-bond acceptors (Lipinski definition) is 9. The van der Waals surface area contributed by atoms with Gasteiger partial charge in [-0.1, -0.05) is 47.7 Å². The second kappa shape index (κ2) is 11.8. The molecule has 6 unspecified atom stereocenters. The molecule has 4 aromatic rings. The number of amides is 3. The molecule has 3 amide bonds. The van der Waals surface area contributed by atoms with Gasteiger partial charge in [-0.05, 0) is 64.8 Å². The molecular weight excluding hydrogens is 655 g/mol. The summed E-state index contributed by atoms with van der Waals surface area (Å²) in [5.41, 5.74) is 1.55. The number of imide groups is 1. The highest BCUT2D eigenvalue weighted by Crippen LogP contribution is 2.68. The third kappa shape index (κ3) is 4.98. The van der Waals surface area contributed by atoms with Crippen molar-refractivity contribution in [2.45, 2.75) is 29.0 Å². The molecule has 7 atom stereocenters. The SMILES string of the molecule is COc1cc([C@H]2c3sc(=O)[nH]c3SC3C4CC(C5C(=O)N(CCC(=O)O)C(=O)C45)C32)ccc1OCC(=O)Nc1ccc2ccccc2c1. The lowest BCUT2D eigenvalue weighted by Gasteiger charge is -2.43. The van der Waals surface area contributed by atoms with Crippen LogP contribution in [0.25, 0.3) is 10.8 Å². The number of carboxylic acids is 1. The number of fused-ring (bicyclic) bond motifs is 10. The first-order valence-electron chi connectivity index (χ1n) is 15.8. The predicted octanol–water partition coefficient (Wildman–Crippen LogP) is 4.56. The summed E-state index contributed by atoms with van der Waals surface area (Å²) in [6, 6.07) is 19.1. The molecule has 4 aliphatic rings. The van der Waals surface area contributed by atoms with Crippen LogP contribution in [-0.2, 0) is 19.2 Å². The van der Waals surface area contributed by atoms with E-state index in [1.54, 1.807) is 17.8 Å². The monoisotopic (exact) mass is 685 g/mol. The number of aliphatic carboxylic acids is 1. The van der Waals surface area contributed by atoms with E-state index in [1.165, 1.54) is 7.11 Å². The molecule has 1 aromatic heterocycles. The minimum absolute atomic E-state index is 0.00380. The number of H-pyrrole nitrogens is 1. The largest absolute Gasteiger partial charge is 0.493 e. The molecule has 2 bridgehead atoms. The standard InChI is InChI=1S/C35H31N3O8S2/c1-45-23-13-18(7-9-22(23)46-15-24(39)36-19-8-6-16-4-2-3-5-17(16)12-19)26-27-20-14-21(30(27)47-32-31(26)48-35(44)37-32)29-28(20)33(42)38(34(29)43)11-10-25(40)41/h2-9,12-13,20-21,26-30H,10-11,14-15H2,1H3,(H,36,39)(H,37,44)(H,40,41)/t20?,21?,26-,27?,28?,29?,30?/m1/s1. The molecule has 0 spiro atoms. The van der Waals surface area contributed by atoms with Gasteiger partial charge in [0.1, 0.15) is 0 Å². The number of nitrogens with one attached hydrogen (secondary N) is 2. The molecule has 3 fully saturated rings. The molecule has 3 N–H and O–H groups in total. The zero-order valence-electron chi connectivity index (χ0n) is 25.7. The quantitative estimate of drug-likeness (QED) is 0.215. The van der Waals surface area contributed by atoms with Gasteiger partial charge in [-0.25, -0.2) is 0 Å². The van der Waals surface area contributed by atoms with Crippen molar-refractivity contribution in [2.24, 2.45) is 29.6 Å². The van der Waals surface area contributed by atoms with E-state index in [-0.39, 0.29) is 71.1 Å². The average Bonchev–Trinajstić information content (AvgIpc) is 3.81. The van der Waals surface area contributed by atoms with E-state index >= 15 is 0 Å². The third-order valence-corrected chi connectivity index (χ3v) is 12.9. The van der Waals surface area contributed by atoms with Crippen LogP contribution in [0.1, 0.15) is 29.2 Å². The Bertz CT molecular complexity index is 2060. The van der Waals surface area contributed by atoms with Crippen LogP contribution in [0, 0.1) is 29.6 Å². The summed E-state index contributed by atoms with van der Waals surface area (Å²) in [5, 5.41) is 14.9. The lowest BCUT2D eigenvalue weighted by Crippen LogP contribution is -2.42. The number of methoxy groups -OCH3 is 1. The maximum Gasteiger partial charge on any atom is 0.305 e. The van der Waals surface area contributed by atoms with Crippen molar-refractivity contribution in [1.29, 1.82) is 0 Å². The average molecular weight is 686 g/mol. The second-order valence-corrected chi connectivity index (χ2v) is 14.9. The molecular formula is C35H31N3O8S2. The lowest BCUT2D eigenvalue weighted by atomic mass is 9.68. The Morgan fingerprint density at radius 1 is 0.979 bits per heavy atom. The number of carbonyl (C=O) groups is 4. The van der Waals surface area contributed by atoms with Gasteiger partial charge in [0, 0.05) is 28.3 Å². The molecule has 246 valence electrons. The normalized spacial score (nSPS) is 26.7. The van der Waals surface area contributed by atoms with Crippen molar-refractivity contribution in [2.75, 3.05) is 25.6 Å². The molecule has 2 saturated carbocycles. The van der Waals surface area contributed by atoms with Crippen LogP contribution >= 0.6 is 23.1 Å². The van der Waals surface area contributed by atoms with E-state index in [0.29, 0.717) is 17.2 Å². The first-order valence-corrected chi connectivity index (χ1v) is 17.5. The summed E-state index contributed by atoms with van der Waals surface area (Å²) >= 11 is 2.74. The number of anilines is 1. The Kier molecular flexibility index (Phi) is 7.55. The van der Waals surface area contributed by atoms with Crippen LogP contribution in [0.15, 0.2) is 70.5 Å². The number of ether oxygens (including phenoxy) is 2. The van der Waals surface area contributed by atoms with Gasteiger partial charge in [0.15, 0.2) is 18.1 Å². The Morgan fingerprint density at radius 3 is 2.52 bits per heavy atom. The highest BCUT2D eigenvalue weighted by Gasteiger charge is 2.69.